The second-order valence-corrected chi connectivity index (χ2v) is 6.82. The molecule has 0 heterocycles. The molecule has 2 rings (SSSR count). The van der Waals surface area contributed by atoms with E-state index in [4.69, 9.17) is 0 Å². The van der Waals surface area contributed by atoms with Gasteiger partial charge >= 0.3 is 0 Å². The van der Waals surface area contributed by atoms with Crippen LogP contribution in [0, 0.1) is 11.8 Å². The minimum Gasteiger partial charge on any atom is -0.307 e. The fraction of sp³-hybridized carbons (Fsp3) is 0.700. The highest BCUT2D eigenvalue weighted by Crippen LogP contribution is 2.31. The van der Waals surface area contributed by atoms with E-state index >= 15 is 0 Å². The van der Waals surface area contributed by atoms with Gasteiger partial charge in [-0.25, -0.2) is 0 Å². The van der Waals surface area contributed by atoms with Crippen molar-refractivity contribution in [3.05, 3.63) is 35.9 Å². The van der Waals surface area contributed by atoms with Gasteiger partial charge in [-0.05, 0) is 37.2 Å². The molecule has 1 saturated carbocycles. The van der Waals surface area contributed by atoms with E-state index < -0.39 is 0 Å². The van der Waals surface area contributed by atoms with Crippen molar-refractivity contribution in [2.24, 2.45) is 11.8 Å². The molecule has 118 valence electrons. The summed E-state index contributed by atoms with van der Waals surface area (Å²) in [6, 6.07) is 12.2. The van der Waals surface area contributed by atoms with Crippen molar-refractivity contribution < 1.29 is 0 Å². The number of benzene rings is 1. The van der Waals surface area contributed by atoms with Gasteiger partial charge in [0.15, 0.2) is 0 Å². The minimum atomic E-state index is 0.512. The second kappa shape index (κ2) is 8.58. The van der Waals surface area contributed by atoms with E-state index in [1.54, 1.807) is 0 Å². The molecule has 1 aliphatic carbocycles. The first-order valence-electron chi connectivity index (χ1n) is 9.07. The maximum absolute atomic E-state index is 4.00. The van der Waals surface area contributed by atoms with Crippen LogP contribution in [0.1, 0.15) is 77.3 Å². The zero-order chi connectivity index (χ0) is 15.1. The molecule has 2 atom stereocenters. The molecule has 1 aromatic rings. The fourth-order valence-electron chi connectivity index (χ4n) is 3.98. The molecule has 21 heavy (non-hydrogen) atoms. The molecule has 0 amide bonds. The van der Waals surface area contributed by atoms with Gasteiger partial charge in [0.2, 0.25) is 0 Å². The Hall–Kier alpha value is -0.820. The lowest BCUT2D eigenvalue weighted by atomic mass is 9.82. The smallest absolute Gasteiger partial charge is 0.0350 e. The van der Waals surface area contributed by atoms with Gasteiger partial charge in [0.25, 0.3) is 0 Å². The Balaban J connectivity index is 2.08. The molecule has 1 N–H and O–H groups in total. The third-order valence-electron chi connectivity index (χ3n) is 5.48. The summed E-state index contributed by atoms with van der Waals surface area (Å²) in [6.45, 7) is 7.07. The molecule has 1 nitrogen and oxygen atoms in total. The average molecular weight is 287 g/mol. The van der Waals surface area contributed by atoms with Gasteiger partial charge < -0.3 is 5.32 Å². The van der Waals surface area contributed by atoms with Crippen molar-refractivity contribution in [3.63, 3.8) is 0 Å². The van der Waals surface area contributed by atoms with Crippen LogP contribution in [0.2, 0.25) is 0 Å². The fourth-order valence-corrected chi connectivity index (χ4v) is 3.98. The van der Waals surface area contributed by atoms with Crippen molar-refractivity contribution >= 4 is 0 Å². The minimum absolute atomic E-state index is 0.512. The molecule has 1 aliphatic rings. The maximum atomic E-state index is 4.00. The van der Waals surface area contributed by atoms with Crippen LogP contribution < -0.4 is 5.32 Å². The summed E-state index contributed by atoms with van der Waals surface area (Å²) in [5.41, 5.74) is 1.47. The van der Waals surface area contributed by atoms with E-state index in [1.165, 1.54) is 50.5 Å². The number of hydrogen-bond donors (Lipinski definition) is 1. The van der Waals surface area contributed by atoms with Crippen LogP contribution in [0.3, 0.4) is 0 Å². The van der Waals surface area contributed by atoms with E-state index in [0.29, 0.717) is 12.1 Å². The SMILES string of the molecule is CCC(CC)C(NC(C)C1CCCCC1)c1ccccc1. The van der Waals surface area contributed by atoms with Crippen LogP contribution in [0.25, 0.3) is 0 Å². The van der Waals surface area contributed by atoms with Gasteiger partial charge in [0, 0.05) is 12.1 Å². The summed E-state index contributed by atoms with van der Waals surface area (Å²) in [5.74, 6) is 1.61. The summed E-state index contributed by atoms with van der Waals surface area (Å²) in [7, 11) is 0. The first-order valence-corrected chi connectivity index (χ1v) is 9.07. The van der Waals surface area contributed by atoms with Gasteiger partial charge in [-0.15, -0.1) is 0 Å². The van der Waals surface area contributed by atoms with Crippen LogP contribution >= 0.6 is 0 Å². The Bertz CT molecular complexity index is 376. The van der Waals surface area contributed by atoms with E-state index in [0.717, 1.165) is 11.8 Å². The van der Waals surface area contributed by atoms with Crippen molar-refractivity contribution in [1.82, 2.24) is 5.32 Å². The van der Waals surface area contributed by atoms with Gasteiger partial charge in [-0.2, -0.15) is 0 Å². The third kappa shape index (κ3) is 4.57. The molecule has 2 unspecified atom stereocenters. The quantitative estimate of drug-likeness (QED) is 0.676. The lowest BCUT2D eigenvalue weighted by Crippen LogP contribution is -2.40. The van der Waals surface area contributed by atoms with Crippen LogP contribution in [-0.2, 0) is 0 Å². The molecular weight excluding hydrogens is 254 g/mol. The second-order valence-electron chi connectivity index (χ2n) is 6.82. The zero-order valence-corrected chi connectivity index (χ0v) is 14.1. The van der Waals surface area contributed by atoms with Crippen LogP contribution in [0.15, 0.2) is 30.3 Å². The third-order valence-corrected chi connectivity index (χ3v) is 5.48. The Kier molecular flexibility index (Phi) is 6.76. The largest absolute Gasteiger partial charge is 0.307 e. The van der Waals surface area contributed by atoms with Crippen LogP contribution in [0.4, 0.5) is 0 Å². The van der Waals surface area contributed by atoms with E-state index in [9.17, 15) is 0 Å². The molecular formula is C20H33N. The molecule has 0 spiro atoms. The molecule has 0 aromatic heterocycles. The summed E-state index contributed by atoms with van der Waals surface area (Å²) >= 11 is 0. The Morgan fingerprint density at radius 2 is 1.62 bits per heavy atom. The van der Waals surface area contributed by atoms with Gasteiger partial charge in [-0.3, -0.25) is 0 Å². The molecule has 0 aliphatic heterocycles. The van der Waals surface area contributed by atoms with Crippen LogP contribution in [-0.4, -0.2) is 6.04 Å². The van der Waals surface area contributed by atoms with E-state index in [-0.39, 0.29) is 0 Å². The highest BCUT2D eigenvalue weighted by Gasteiger charge is 2.26. The number of hydrogen-bond acceptors (Lipinski definition) is 1. The molecule has 1 heteroatoms. The molecule has 0 radical (unpaired) electrons. The molecule has 1 fully saturated rings. The summed E-state index contributed by atoms with van der Waals surface area (Å²) in [5, 5.41) is 4.00. The lowest BCUT2D eigenvalue weighted by molar-refractivity contribution is 0.231. The summed E-state index contributed by atoms with van der Waals surface area (Å²) in [4.78, 5) is 0. The highest BCUT2D eigenvalue weighted by molar-refractivity contribution is 5.20. The molecule has 0 saturated heterocycles. The number of nitrogens with one attached hydrogen (secondary N) is 1. The normalized spacial score (nSPS) is 19.6. The predicted octanol–water partition coefficient (Wildman–Crippen LogP) is 5.72. The van der Waals surface area contributed by atoms with Crippen molar-refractivity contribution in [2.75, 3.05) is 0 Å². The van der Waals surface area contributed by atoms with Crippen LogP contribution in [0.5, 0.6) is 0 Å². The Morgan fingerprint density at radius 3 is 2.19 bits per heavy atom. The van der Waals surface area contributed by atoms with Crippen molar-refractivity contribution in [3.8, 4) is 0 Å². The zero-order valence-electron chi connectivity index (χ0n) is 14.1. The summed E-state index contributed by atoms with van der Waals surface area (Å²) < 4.78 is 0. The Labute approximate surface area is 131 Å². The van der Waals surface area contributed by atoms with Gasteiger partial charge in [0.1, 0.15) is 0 Å². The Morgan fingerprint density at radius 1 is 1.00 bits per heavy atom. The topological polar surface area (TPSA) is 12.0 Å². The highest BCUT2D eigenvalue weighted by atomic mass is 15.0. The van der Waals surface area contributed by atoms with Crippen molar-refractivity contribution in [2.45, 2.75) is 77.8 Å². The maximum Gasteiger partial charge on any atom is 0.0350 e. The lowest BCUT2D eigenvalue weighted by Gasteiger charge is -2.35. The first-order chi connectivity index (χ1) is 10.3. The monoisotopic (exact) mass is 287 g/mol. The standard InChI is InChI=1S/C20H33N/c1-4-17(5-2)20(19-14-10-7-11-15-19)21-16(3)18-12-8-6-9-13-18/h7,10-11,14-18,20-21H,4-6,8-9,12-13H2,1-3H3. The van der Waals surface area contributed by atoms with Gasteiger partial charge in [-0.1, -0.05) is 76.3 Å². The molecule has 1 aromatic carbocycles. The average Bonchev–Trinajstić information content (AvgIpc) is 2.56. The first kappa shape index (κ1) is 16.5. The van der Waals surface area contributed by atoms with Crippen molar-refractivity contribution in [1.29, 1.82) is 0 Å². The number of rotatable bonds is 7. The van der Waals surface area contributed by atoms with E-state index in [1.807, 2.05) is 0 Å². The van der Waals surface area contributed by atoms with E-state index in [2.05, 4.69) is 56.4 Å². The van der Waals surface area contributed by atoms with Gasteiger partial charge in [0.05, 0.1) is 0 Å². The molecule has 0 bridgehead atoms. The summed E-state index contributed by atoms with van der Waals surface area (Å²) in [6.07, 6.45) is 9.63. The predicted molar refractivity (Wildman–Crippen MR) is 92.4 cm³/mol.